The fourth-order valence-electron chi connectivity index (χ4n) is 6.14. The first-order valence-electron chi connectivity index (χ1n) is 14.3. The third-order valence-corrected chi connectivity index (χ3v) is 8.14. The van der Waals surface area contributed by atoms with E-state index in [-0.39, 0.29) is 35.9 Å². The lowest BCUT2D eigenvalue weighted by Gasteiger charge is -2.39. The lowest BCUT2D eigenvalue weighted by atomic mass is 9.85. The number of aryl methyl sites for hydroxylation is 1. The molecule has 5 aliphatic rings. The molecule has 2 unspecified atom stereocenters. The SMILES string of the molecule is CC.CC1(C)OCC2NC(=O)c3ccc4c(c3)[C@@H](CCO4)N3C(=O)CC(CCCCc4ccc1c2c4)N=C3N. The maximum Gasteiger partial charge on any atom is 0.251 e. The van der Waals surface area contributed by atoms with Gasteiger partial charge in [-0.1, -0.05) is 38.5 Å². The summed E-state index contributed by atoms with van der Waals surface area (Å²) in [6.07, 6.45) is 4.65. The van der Waals surface area contributed by atoms with Crippen LogP contribution >= 0.6 is 0 Å². The highest BCUT2D eigenvalue weighted by Gasteiger charge is 2.38. The van der Waals surface area contributed by atoms with Crippen molar-refractivity contribution in [2.45, 2.75) is 89.9 Å². The number of fused-ring (bicyclic) bond motifs is 5. The molecule has 0 radical (unpaired) electrons. The number of aliphatic imine (C=N–C) groups is 1. The average molecular weight is 533 g/mol. The highest BCUT2D eigenvalue weighted by atomic mass is 16.5. The maximum atomic E-state index is 13.5. The van der Waals surface area contributed by atoms with E-state index in [1.807, 2.05) is 26.0 Å². The van der Waals surface area contributed by atoms with Crippen LogP contribution in [0.3, 0.4) is 0 Å². The van der Waals surface area contributed by atoms with Crippen LogP contribution in [0.15, 0.2) is 41.4 Å². The number of carbonyl (C=O) groups excluding carboxylic acids is 2. The molecule has 2 aromatic carbocycles. The van der Waals surface area contributed by atoms with Gasteiger partial charge in [-0.25, -0.2) is 4.99 Å². The van der Waals surface area contributed by atoms with Crippen molar-refractivity contribution < 1.29 is 19.1 Å². The molecule has 2 amide bonds. The highest BCUT2D eigenvalue weighted by Crippen LogP contribution is 2.40. The molecule has 39 heavy (non-hydrogen) atoms. The Morgan fingerprint density at radius 2 is 1.87 bits per heavy atom. The highest BCUT2D eigenvalue weighted by molar-refractivity contribution is 5.99. The van der Waals surface area contributed by atoms with E-state index in [1.54, 1.807) is 11.0 Å². The summed E-state index contributed by atoms with van der Waals surface area (Å²) in [5.41, 5.74) is 10.7. The number of guanidine groups is 1. The van der Waals surface area contributed by atoms with Gasteiger partial charge in [0.05, 0.1) is 36.9 Å². The molecule has 0 saturated heterocycles. The Hall–Kier alpha value is -3.39. The summed E-state index contributed by atoms with van der Waals surface area (Å²) in [4.78, 5) is 33.1. The Bertz CT molecular complexity index is 1290. The van der Waals surface area contributed by atoms with Crippen LogP contribution in [0.25, 0.3) is 0 Å². The van der Waals surface area contributed by atoms with Gasteiger partial charge in [-0.05, 0) is 68.0 Å². The van der Waals surface area contributed by atoms with Gasteiger partial charge in [0.15, 0.2) is 5.96 Å². The smallest absolute Gasteiger partial charge is 0.251 e. The van der Waals surface area contributed by atoms with Crippen molar-refractivity contribution in [2.24, 2.45) is 10.7 Å². The van der Waals surface area contributed by atoms with Crippen LogP contribution in [0.2, 0.25) is 0 Å². The Balaban J connectivity index is 0.00000151. The van der Waals surface area contributed by atoms with Crippen LogP contribution in [0, 0.1) is 0 Å². The van der Waals surface area contributed by atoms with E-state index in [2.05, 4.69) is 37.4 Å². The zero-order valence-electron chi connectivity index (χ0n) is 23.5. The van der Waals surface area contributed by atoms with Crippen LogP contribution in [-0.4, -0.2) is 41.9 Å². The molecule has 3 atom stereocenters. The molecule has 5 aliphatic heterocycles. The van der Waals surface area contributed by atoms with Crippen LogP contribution in [0.4, 0.5) is 0 Å². The van der Waals surface area contributed by atoms with Crippen molar-refractivity contribution >= 4 is 17.8 Å². The van der Waals surface area contributed by atoms with Crippen LogP contribution in [0.5, 0.6) is 5.75 Å². The number of rotatable bonds is 0. The van der Waals surface area contributed by atoms with E-state index in [0.717, 1.165) is 42.4 Å². The summed E-state index contributed by atoms with van der Waals surface area (Å²) in [6.45, 7) is 9.02. The van der Waals surface area contributed by atoms with Gasteiger partial charge < -0.3 is 20.5 Å². The molecule has 8 heteroatoms. The van der Waals surface area contributed by atoms with Crippen LogP contribution in [0.1, 0.15) is 104 Å². The van der Waals surface area contributed by atoms with Gasteiger partial charge in [-0.15, -0.1) is 0 Å². The summed E-state index contributed by atoms with van der Waals surface area (Å²) in [6, 6.07) is 11.3. The first-order valence-corrected chi connectivity index (χ1v) is 14.3. The Morgan fingerprint density at radius 1 is 1.05 bits per heavy atom. The predicted octanol–water partition coefficient (Wildman–Crippen LogP) is 4.91. The first kappa shape index (κ1) is 27.2. The molecule has 7 rings (SSSR count). The lowest BCUT2D eigenvalue weighted by molar-refractivity contribution is -0.130. The van der Waals surface area contributed by atoms with E-state index in [4.69, 9.17) is 20.2 Å². The number of ether oxygens (including phenoxy) is 2. The molecule has 0 fully saturated rings. The molecule has 0 aliphatic carbocycles. The number of nitrogens with one attached hydrogen (secondary N) is 1. The second-order valence-corrected chi connectivity index (χ2v) is 11.0. The number of carbonyl (C=O) groups is 2. The monoisotopic (exact) mass is 532 g/mol. The number of hydrogen-bond donors (Lipinski definition) is 2. The van der Waals surface area contributed by atoms with Gasteiger partial charge in [0.25, 0.3) is 5.91 Å². The van der Waals surface area contributed by atoms with E-state index in [1.165, 1.54) is 5.56 Å². The van der Waals surface area contributed by atoms with Gasteiger partial charge in [0.1, 0.15) is 5.75 Å². The molecule has 0 saturated carbocycles. The van der Waals surface area contributed by atoms with Gasteiger partial charge >= 0.3 is 0 Å². The fraction of sp³-hybridized carbons (Fsp3) is 0.516. The Kier molecular flexibility index (Phi) is 7.67. The van der Waals surface area contributed by atoms with Crippen molar-refractivity contribution in [1.82, 2.24) is 10.2 Å². The molecular formula is C31H40N4O4. The van der Waals surface area contributed by atoms with E-state index < -0.39 is 5.60 Å². The van der Waals surface area contributed by atoms with Crippen LogP contribution in [-0.2, 0) is 21.6 Å². The molecule has 0 aromatic heterocycles. The third-order valence-electron chi connectivity index (χ3n) is 8.14. The van der Waals surface area contributed by atoms with Gasteiger partial charge in [-0.2, -0.15) is 0 Å². The number of nitrogens with two attached hydrogens (primary N) is 1. The van der Waals surface area contributed by atoms with Crippen molar-refractivity contribution in [2.75, 3.05) is 13.2 Å². The number of hydrogen-bond acceptors (Lipinski definition) is 6. The zero-order chi connectivity index (χ0) is 27.7. The van der Waals surface area contributed by atoms with Gasteiger partial charge in [0, 0.05) is 24.0 Å². The standard InChI is InChI=1S/C29H34N4O4.C2H6/c1-29(2)22-9-7-17-5-3-4-6-19-15-26(34)33(28(30)31-19)24-11-12-36-25-10-8-18(14-21(24)25)27(35)32-23(16-37-29)20(22)13-17;1-2/h7-10,13-14,19,23-24H,3-6,11-12,15-16H2,1-2H3,(H2,30,31)(H,32,35);1-2H3/t19?,23?,24-;/m1./s1. The topological polar surface area (TPSA) is 106 Å². The maximum absolute atomic E-state index is 13.5. The summed E-state index contributed by atoms with van der Waals surface area (Å²) in [7, 11) is 0. The quantitative estimate of drug-likeness (QED) is 0.501. The largest absolute Gasteiger partial charge is 0.493 e. The predicted molar refractivity (Wildman–Crippen MR) is 151 cm³/mol. The molecule has 0 spiro atoms. The zero-order valence-corrected chi connectivity index (χ0v) is 23.5. The minimum absolute atomic E-state index is 0.0199. The summed E-state index contributed by atoms with van der Waals surface area (Å²) < 4.78 is 12.1. The van der Waals surface area contributed by atoms with Crippen molar-refractivity contribution in [3.05, 3.63) is 64.2 Å². The molecule has 3 N–H and O–H groups in total. The summed E-state index contributed by atoms with van der Waals surface area (Å²) in [5, 5.41) is 3.21. The number of amides is 2. The first-order chi connectivity index (χ1) is 18.8. The normalized spacial score (nSPS) is 25.7. The summed E-state index contributed by atoms with van der Waals surface area (Å²) >= 11 is 0. The minimum Gasteiger partial charge on any atom is -0.493 e. The van der Waals surface area contributed by atoms with Crippen molar-refractivity contribution in [3.8, 4) is 5.75 Å². The summed E-state index contributed by atoms with van der Waals surface area (Å²) in [5.74, 6) is 0.720. The van der Waals surface area contributed by atoms with E-state index in [0.29, 0.717) is 37.4 Å². The van der Waals surface area contributed by atoms with Gasteiger partial charge in [0.2, 0.25) is 5.91 Å². The molecule has 8 nitrogen and oxygen atoms in total. The third kappa shape index (κ3) is 5.26. The van der Waals surface area contributed by atoms with E-state index in [9.17, 15) is 9.59 Å². The molecular weight excluding hydrogens is 492 g/mol. The minimum atomic E-state index is -0.416. The van der Waals surface area contributed by atoms with Crippen LogP contribution < -0.4 is 15.8 Å². The Morgan fingerprint density at radius 3 is 2.67 bits per heavy atom. The molecule has 5 heterocycles. The number of benzene rings is 2. The second-order valence-electron chi connectivity index (χ2n) is 11.0. The molecule has 208 valence electrons. The lowest BCUT2D eigenvalue weighted by Crippen LogP contribution is -2.50. The molecule has 2 aromatic rings. The van der Waals surface area contributed by atoms with Crippen molar-refractivity contribution in [1.29, 1.82) is 0 Å². The molecule has 6 bridgehead atoms. The number of nitrogens with zero attached hydrogens (tertiary/aromatic N) is 2. The van der Waals surface area contributed by atoms with E-state index >= 15 is 0 Å². The van der Waals surface area contributed by atoms with Crippen molar-refractivity contribution in [3.63, 3.8) is 0 Å². The fourth-order valence-corrected chi connectivity index (χ4v) is 6.14. The van der Waals surface area contributed by atoms with Gasteiger partial charge in [-0.3, -0.25) is 14.5 Å². The second kappa shape index (κ2) is 11.0. The average Bonchev–Trinajstić information content (AvgIpc) is 2.93. The Labute approximate surface area is 230 Å².